The third-order valence-corrected chi connectivity index (χ3v) is 4.77. The zero-order chi connectivity index (χ0) is 14.5. The van der Waals surface area contributed by atoms with E-state index in [1.165, 1.54) is 24.9 Å². The summed E-state index contributed by atoms with van der Waals surface area (Å²) in [5, 5.41) is 3.46. The van der Waals surface area contributed by atoms with Gasteiger partial charge >= 0.3 is 0 Å². The van der Waals surface area contributed by atoms with Gasteiger partial charge < -0.3 is 10.1 Å². The zero-order valence-electron chi connectivity index (χ0n) is 13.2. The Balaban J connectivity index is 2.07. The van der Waals surface area contributed by atoms with E-state index in [2.05, 4.69) is 42.3 Å². The van der Waals surface area contributed by atoms with Gasteiger partial charge in [-0.2, -0.15) is 0 Å². The number of rotatable bonds is 5. The maximum atomic E-state index is 5.34. The largest absolute Gasteiger partial charge is 0.497 e. The van der Waals surface area contributed by atoms with E-state index in [1.807, 2.05) is 13.1 Å². The molecule has 1 aliphatic rings. The first kappa shape index (κ1) is 15.3. The van der Waals surface area contributed by atoms with E-state index in [0.29, 0.717) is 12.1 Å². The molecule has 1 fully saturated rings. The van der Waals surface area contributed by atoms with Gasteiger partial charge in [-0.15, -0.1) is 0 Å². The maximum Gasteiger partial charge on any atom is 0.119 e. The molecule has 1 heterocycles. The molecule has 1 N–H and O–H groups in total. The molecule has 3 atom stereocenters. The number of hydrogen-bond acceptors (Lipinski definition) is 3. The quantitative estimate of drug-likeness (QED) is 0.894. The first-order chi connectivity index (χ1) is 9.65. The van der Waals surface area contributed by atoms with E-state index in [9.17, 15) is 0 Å². The van der Waals surface area contributed by atoms with E-state index in [-0.39, 0.29) is 0 Å². The molecule has 1 aliphatic heterocycles. The molecular formula is C17H28N2O. The fraction of sp³-hybridized carbons (Fsp3) is 0.647. The highest BCUT2D eigenvalue weighted by atomic mass is 16.5. The average molecular weight is 276 g/mol. The average Bonchev–Trinajstić information content (AvgIpc) is 2.49. The van der Waals surface area contributed by atoms with Crippen LogP contribution < -0.4 is 10.1 Å². The SMILES string of the molecule is CNC(CN1CCCC(C)C1C)c1cccc(OC)c1. The lowest BCUT2D eigenvalue weighted by Crippen LogP contribution is -2.45. The maximum absolute atomic E-state index is 5.34. The Labute approximate surface area is 123 Å². The molecule has 0 amide bonds. The van der Waals surface area contributed by atoms with E-state index in [4.69, 9.17) is 4.74 Å². The minimum absolute atomic E-state index is 0.359. The van der Waals surface area contributed by atoms with E-state index < -0.39 is 0 Å². The molecule has 2 rings (SSSR count). The van der Waals surface area contributed by atoms with Crippen LogP contribution in [0.2, 0.25) is 0 Å². The molecule has 0 spiro atoms. The number of hydrogen-bond donors (Lipinski definition) is 1. The molecule has 1 saturated heterocycles. The van der Waals surface area contributed by atoms with Gasteiger partial charge in [-0.05, 0) is 57.0 Å². The van der Waals surface area contributed by atoms with Crippen LogP contribution >= 0.6 is 0 Å². The Morgan fingerprint density at radius 2 is 2.20 bits per heavy atom. The number of ether oxygens (including phenoxy) is 1. The summed E-state index contributed by atoms with van der Waals surface area (Å²) in [6, 6.07) is 9.42. The summed E-state index contributed by atoms with van der Waals surface area (Å²) in [7, 11) is 3.77. The van der Waals surface area contributed by atoms with Crippen LogP contribution in [0.4, 0.5) is 0 Å². The Morgan fingerprint density at radius 1 is 1.40 bits per heavy atom. The zero-order valence-corrected chi connectivity index (χ0v) is 13.2. The molecule has 3 heteroatoms. The lowest BCUT2D eigenvalue weighted by molar-refractivity contribution is 0.103. The summed E-state index contributed by atoms with van der Waals surface area (Å²) in [5.74, 6) is 1.73. The number of nitrogens with one attached hydrogen (secondary N) is 1. The van der Waals surface area contributed by atoms with Crippen molar-refractivity contribution in [1.82, 2.24) is 10.2 Å². The number of piperidine rings is 1. The van der Waals surface area contributed by atoms with Crippen LogP contribution in [0.25, 0.3) is 0 Å². The van der Waals surface area contributed by atoms with Crippen molar-refractivity contribution in [3.05, 3.63) is 29.8 Å². The number of likely N-dealkylation sites (tertiary alicyclic amines) is 1. The molecule has 0 aliphatic carbocycles. The molecule has 0 bridgehead atoms. The molecule has 112 valence electrons. The number of likely N-dealkylation sites (N-methyl/N-ethyl adjacent to an activating group) is 1. The van der Waals surface area contributed by atoms with Gasteiger partial charge in [0.15, 0.2) is 0 Å². The summed E-state index contributed by atoms with van der Waals surface area (Å²) in [4.78, 5) is 2.62. The Hall–Kier alpha value is -1.06. The van der Waals surface area contributed by atoms with Crippen LogP contribution in [0.1, 0.15) is 38.3 Å². The molecule has 20 heavy (non-hydrogen) atoms. The van der Waals surface area contributed by atoms with Gasteiger partial charge in [0.05, 0.1) is 7.11 Å². The number of nitrogens with zero attached hydrogens (tertiary/aromatic N) is 1. The fourth-order valence-corrected chi connectivity index (χ4v) is 3.13. The van der Waals surface area contributed by atoms with E-state index in [1.54, 1.807) is 7.11 Å². The number of benzene rings is 1. The third-order valence-electron chi connectivity index (χ3n) is 4.77. The topological polar surface area (TPSA) is 24.5 Å². The summed E-state index contributed by atoms with van der Waals surface area (Å²) in [6.45, 7) is 7.02. The molecule has 3 unspecified atom stereocenters. The van der Waals surface area contributed by atoms with Gasteiger partial charge in [-0.1, -0.05) is 19.1 Å². The minimum atomic E-state index is 0.359. The van der Waals surface area contributed by atoms with Crippen molar-refractivity contribution in [1.29, 1.82) is 0 Å². The summed E-state index contributed by atoms with van der Waals surface area (Å²) < 4.78 is 5.34. The first-order valence-corrected chi connectivity index (χ1v) is 7.71. The van der Waals surface area contributed by atoms with Gasteiger partial charge in [0, 0.05) is 18.6 Å². The van der Waals surface area contributed by atoms with Crippen molar-refractivity contribution in [2.75, 3.05) is 27.2 Å². The highest BCUT2D eigenvalue weighted by Gasteiger charge is 2.26. The van der Waals surface area contributed by atoms with Crippen molar-refractivity contribution in [3.63, 3.8) is 0 Å². The van der Waals surface area contributed by atoms with Crippen molar-refractivity contribution in [3.8, 4) is 5.75 Å². The lowest BCUT2D eigenvalue weighted by atomic mass is 9.91. The second-order valence-electron chi connectivity index (χ2n) is 5.97. The summed E-state index contributed by atoms with van der Waals surface area (Å²) in [5.41, 5.74) is 1.30. The standard InChI is InChI=1S/C17H28N2O/c1-13-7-6-10-19(14(13)2)12-17(18-3)15-8-5-9-16(11-15)20-4/h5,8-9,11,13-14,17-18H,6-7,10,12H2,1-4H3. The molecule has 0 saturated carbocycles. The Morgan fingerprint density at radius 3 is 2.90 bits per heavy atom. The van der Waals surface area contributed by atoms with Crippen molar-refractivity contribution in [2.24, 2.45) is 5.92 Å². The van der Waals surface area contributed by atoms with Crippen LogP contribution in [0, 0.1) is 5.92 Å². The third kappa shape index (κ3) is 3.53. The van der Waals surface area contributed by atoms with Gasteiger partial charge in [-0.25, -0.2) is 0 Å². The summed E-state index contributed by atoms with van der Waals surface area (Å²) >= 11 is 0. The van der Waals surface area contributed by atoms with E-state index >= 15 is 0 Å². The fourth-order valence-electron chi connectivity index (χ4n) is 3.13. The van der Waals surface area contributed by atoms with Crippen LogP contribution in [0.5, 0.6) is 5.75 Å². The monoisotopic (exact) mass is 276 g/mol. The van der Waals surface area contributed by atoms with Crippen molar-refractivity contribution >= 4 is 0 Å². The molecule has 3 nitrogen and oxygen atoms in total. The van der Waals surface area contributed by atoms with Crippen LogP contribution in [0.15, 0.2) is 24.3 Å². The normalized spacial score (nSPS) is 25.4. The van der Waals surface area contributed by atoms with Gasteiger partial charge in [-0.3, -0.25) is 4.90 Å². The highest BCUT2D eigenvalue weighted by Crippen LogP contribution is 2.26. The second kappa shape index (κ2) is 7.09. The van der Waals surface area contributed by atoms with Crippen molar-refractivity contribution < 1.29 is 4.74 Å². The molecule has 0 radical (unpaired) electrons. The number of methoxy groups -OCH3 is 1. The Bertz CT molecular complexity index is 421. The predicted molar refractivity (Wildman–Crippen MR) is 84.2 cm³/mol. The Kier molecular flexibility index (Phi) is 5.44. The molecule has 1 aromatic carbocycles. The van der Waals surface area contributed by atoms with Crippen molar-refractivity contribution in [2.45, 2.75) is 38.8 Å². The first-order valence-electron chi connectivity index (χ1n) is 7.71. The predicted octanol–water partition coefficient (Wildman–Crippen LogP) is 3.08. The molecule has 1 aromatic rings. The second-order valence-corrected chi connectivity index (χ2v) is 5.97. The van der Waals surface area contributed by atoms with Gasteiger partial charge in [0.25, 0.3) is 0 Å². The highest BCUT2D eigenvalue weighted by molar-refractivity contribution is 5.30. The smallest absolute Gasteiger partial charge is 0.119 e. The van der Waals surface area contributed by atoms with Crippen LogP contribution in [-0.4, -0.2) is 38.2 Å². The van der Waals surface area contributed by atoms with E-state index in [0.717, 1.165) is 18.2 Å². The van der Waals surface area contributed by atoms with Gasteiger partial charge in [0.2, 0.25) is 0 Å². The molecule has 0 aromatic heterocycles. The summed E-state index contributed by atoms with van der Waals surface area (Å²) in [6.07, 6.45) is 2.68. The molecular weight excluding hydrogens is 248 g/mol. The van der Waals surface area contributed by atoms with Gasteiger partial charge in [0.1, 0.15) is 5.75 Å². The van der Waals surface area contributed by atoms with Crippen LogP contribution in [0.3, 0.4) is 0 Å². The lowest BCUT2D eigenvalue weighted by Gasteiger charge is -2.39. The minimum Gasteiger partial charge on any atom is -0.497 e. The van der Waals surface area contributed by atoms with Crippen LogP contribution in [-0.2, 0) is 0 Å².